The summed E-state index contributed by atoms with van der Waals surface area (Å²) in [7, 11) is 6.10. The van der Waals surface area contributed by atoms with Gasteiger partial charge in [-0.1, -0.05) is 24.8 Å². The summed E-state index contributed by atoms with van der Waals surface area (Å²) in [6.07, 6.45) is 3.14. The highest BCUT2D eigenvalue weighted by atomic mass is 16.6. The third kappa shape index (κ3) is 7.31. The van der Waals surface area contributed by atoms with Gasteiger partial charge in [-0.05, 0) is 41.5 Å². The van der Waals surface area contributed by atoms with Crippen molar-refractivity contribution < 1.29 is 38.0 Å². The van der Waals surface area contributed by atoms with Crippen molar-refractivity contribution in [2.75, 3.05) is 35.0 Å². The van der Waals surface area contributed by atoms with Crippen molar-refractivity contribution in [2.45, 2.75) is 12.5 Å². The molecule has 0 N–H and O–H groups in total. The van der Waals surface area contributed by atoms with Crippen LogP contribution in [0.5, 0.6) is 23.0 Å². The molecule has 2 aromatic carbocycles. The van der Waals surface area contributed by atoms with Crippen LogP contribution in [-0.4, -0.2) is 53.1 Å². The second kappa shape index (κ2) is 12.8. The maximum Gasteiger partial charge on any atom is 0.348 e. The van der Waals surface area contributed by atoms with Crippen LogP contribution in [0, 0.1) is 0 Å². The van der Waals surface area contributed by atoms with Gasteiger partial charge in [-0.15, -0.1) is 0 Å². The Morgan fingerprint density at radius 2 is 1.48 bits per heavy atom. The summed E-state index contributed by atoms with van der Waals surface area (Å²) in [6.45, 7) is 3.52. The van der Waals surface area contributed by atoms with Gasteiger partial charge in [-0.2, -0.15) is 0 Å². The van der Waals surface area contributed by atoms with Crippen LogP contribution in [0.1, 0.15) is 11.1 Å². The number of hydrogen-bond acceptors (Lipinski definition) is 8. The number of hydrogen-bond donors (Lipinski definition) is 0. The first kappa shape index (κ1) is 25.3. The molecule has 0 fully saturated rings. The van der Waals surface area contributed by atoms with E-state index in [0.717, 1.165) is 0 Å². The van der Waals surface area contributed by atoms with E-state index in [4.69, 9.17) is 28.4 Å². The Bertz CT molecular complexity index is 996. The summed E-state index contributed by atoms with van der Waals surface area (Å²) in [5, 5.41) is 0. The molecule has 0 spiro atoms. The predicted octanol–water partition coefficient (Wildman–Crippen LogP) is 3.62. The fourth-order valence-corrected chi connectivity index (χ4v) is 2.93. The Balaban J connectivity index is 2.17. The molecule has 0 bridgehead atoms. The number of methoxy groups -OCH3 is 4. The van der Waals surface area contributed by atoms with Gasteiger partial charge >= 0.3 is 11.9 Å². The maximum absolute atomic E-state index is 12.5. The summed E-state index contributed by atoms with van der Waals surface area (Å²) in [5.74, 6) is 0.739. The molecule has 0 saturated carbocycles. The number of esters is 2. The molecule has 0 heterocycles. The van der Waals surface area contributed by atoms with Crippen LogP contribution < -0.4 is 18.9 Å². The van der Waals surface area contributed by atoms with Gasteiger partial charge < -0.3 is 28.4 Å². The number of ether oxygens (including phenoxy) is 6. The number of carbonyl (C=O) groups is 2. The minimum atomic E-state index is -1.16. The van der Waals surface area contributed by atoms with E-state index in [1.807, 2.05) is 0 Å². The SMILES string of the molecule is C=CCOC(=O)C(Cc1ccc(OC)c(OC)c1)OC(=O)/C=C/c1ccc(OC)c(OC)c1. The van der Waals surface area contributed by atoms with E-state index in [0.29, 0.717) is 34.1 Å². The monoisotopic (exact) mass is 456 g/mol. The number of rotatable bonds is 12. The molecule has 8 nitrogen and oxygen atoms in total. The van der Waals surface area contributed by atoms with E-state index in [2.05, 4.69) is 6.58 Å². The van der Waals surface area contributed by atoms with Crippen LogP contribution in [0.25, 0.3) is 6.08 Å². The molecule has 0 amide bonds. The second-order valence-corrected chi connectivity index (χ2v) is 6.69. The van der Waals surface area contributed by atoms with Crippen molar-refractivity contribution in [3.8, 4) is 23.0 Å². The lowest BCUT2D eigenvalue weighted by Crippen LogP contribution is -2.31. The molecule has 0 aliphatic rings. The normalized spacial score (nSPS) is 11.4. The van der Waals surface area contributed by atoms with Crippen molar-refractivity contribution in [1.29, 1.82) is 0 Å². The fraction of sp³-hybridized carbons (Fsp3) is 0.280. The lowest BCUT2D eigenvalue weighted by molar-refractivity contribution is -0.164. The average molecular weight is 456 g/mol. The Hall–Kier alpha value is -3.94. The Kier molecular flexibility index (Phi) is 9.82. The highest BCUT2D eigenvalue weighted by Crippen LogP contribution is 2.29. The van der Waals surface area contributed by atoms with Crippen molar-refractivity contribution in [3.05, 3.63) is 66.3 Å². The quantitative estimate of drug-likeness (QED) is 0.272. The molecule has 1 atom stereocenters. The van der Waals surface area contributed by atoms with Crippen molar-refractivity contribution in [2.24, 2.45) is 0 Å². The molecule has 8 heteroatoms. The first-order chi connectivity index (χ1) is 15.9. The van der Waals surface area contributed by atoms with Crippen LogP contribution in [0.15, 0.2) is 55.1 Å². The topological polar surface area (TPSA) is 89.5 Å². The summed E-state index contributed by atoms with van der Waals surface area (Å²) >= 11 is 0. The summed E-state index contributed by atoms with van der Waals surface area (Å²) < 4.78 is 31.5. The molecule has 2 rings (SSSR count). The minimum absolute atomic E-state index is 0.000297. The van der Waals surface area contributed by atoms with Crippen LogP contribution in [0.2, 0.25) is 0 Å². The average Bonchev–Trinajstić information content (AvgIpc) is 2.85. The van der Waals surface area contributed by atoms with E-state index < -0.39 is 18.0 Å². The predicted molar refractivity (Wildman–Crippen MR) is 123 cm³/mol. The van der Waals surface area contributed by atoms with E-state index in [1.165, 1.54) is 40.6 Å². The molecule has 0 radical (unpaired) electrons. The smallest absolute Gasteiger partial charge is 0.348 e. The van der Waals surface area contributed by atoms with Crippen molar-refractivity contribution in [1.82, 2.24) is 0 Å². The molecule has 0 aliphatic carbocycles. The zero-order valence-electron chi connectivity index (χ0n) is 19.2. The molecular formula is C25H28O8. The summed E-state index contributed by atoms with van der Waals surface area (Å²) in [5.41, 5.74) is 1.39. The van der Waals surface area contributed by atoms with E-state index in [1.54, 1.807) is 42.5 Å². The first-order valence-corrected chi connectivity index (χ1v) is 10.0. The van der Waals surface area contributed by atoms with E-state index >= 15 is 0 Å². The van der Waals surface area contributed by atoms with Crippen LogP contribution in [-0.2, 0) is 25.5 Å². The maximum atomic E-state index is 12.5. The van der Waals surface area contributed by atoms with E-state index in [9.17, 15) is 9.59 Å². The highest BCUT2D eigenvalue weighted by Gasteiger charge is 2.25. The van der Waals surface area contributed by atoms with Crippen molar-refractivity contribution in [3.63, 3.8) is 0 Å². The molecule has 1 unspecified atom stereocenters. The fourth-order valence-electron chi connectivity index (χ4n) is 2.93. The molecule has 0 saturated heterocycles. The molecule has 2 aromatic rings. The van der Waals surface area contributed by atoms with Gasteiger partial charge in [-0.3, -0.25) is 0 Å². The molecule has 0 aliphatic heterocycles. The number of carbonyl (C=O) groups excluding carboxylic acids is 2. The standard InChI is InChI=1S/C25H28O8/c1-6-13-32-25(27)23(16-18-8-11-20(29-3)22(15-18)31-5)33-24(26)12-9-17-7-10-19(28-2)21(14-17)30-4/h6-12,14-15,23H,1,13,16H2,2-5H3/b12-9+. The Morgan fingerprint density at radius 3 is 2.09 bits per heavy atom. The van der Waals surface area contributed by atoms with Crippen molar-refractivity contribution >= 4 is 18.0 Å². The third-order valence-electron chi connectivity index (χ3n) is 4.55. The molecule has 0 aromatic heterocycles. The van der Waals surface area contributed by atoms with Gasteiger partial charge in [0, 0.05) is 12.5 Å². The third-order valence-corrected chi connectivity index (χ3v) is 4.55. The van der Waals surface area contributed by atoms with Gasteiger partial charge in [-0.25, -0.2) is 9.59 Å². The molecule has 176 valence electrons. The zero-order valence-corrected chi connectivity index (χ0v) is 19.2. The molecule has 33 heavy (non-hydrogen) atoms. The van der Waals surface area contributed by atoms with Gasteiger partial charge in [0.25, 0.3) is 0 Å². The molecular weight excluding hydrogens is 428 g/mol. The van der Waals surface area contributed by atoms with Crippen LogP contribution >= 0.6 is 0 Å². The Morgan fingerprint density at radius 1 is 0.879 bits per heavy atom. The lowest BCUT2D eigenvalue weighted by Gasteiger charge is -2.17. The van der Waals surface area contributed by atoms with E-state index in [-0.39, 0.29) is 13.0 Å². The first-order valence-electron chi connectivity index (χ1n) is 10.0. The van der Waals surface area contributed by atoms with Crippen LogP contribution in [0.4, 0.5) is 0 Å². The number of benzene rings is 2. The van der Waals surface area contributed by atoms with Gasteiger partial charge in [0.2, 0.25) is 6.10 Å². The summed E-state index contributed by atoms with van der Waals surface area (Å²) in [4.78, 5) is 24.9. The zero-order chi connectivity index (χ0) is 24.2. The lowest BCUT2D eigenvalue weighted by atomic mass is 10.1. The van der Waals surface area contributed by atoms with Gasteiger partial charge in [0.05, 0.1) is 28.4 Å². The second-order valence-electron chi connectivity index (χ2n) is 6.69. The summed E-state index contributed by atoms with van der Waals surface area (Å²) in [6, 6.07) is 10.4. The Labute approximate surface area is 193 Å². The van der Waals surface area contributed by atoms with Crippen LogP contribution in [0.3, 0.4) is 0 Å². The minimum Gasteiger partial charge on any atom is -0.493 e. The largest absolute Gasteiger partial charge is 0.493 e. The van der Waals surface area contributed by atoms with Gasteiger partial charge in [0.15, 0.2) is 23.0 Å². The highest BCUT2D eigenvalue weighted by molar-refractivity contribution is 5.89. The van der Waals surface area contributed by atoms with Gasteiger partial charge in [0.1, 0.15) is 6.61 Å².